The molecule has 406 valence electrons. The van der Waals surface area contributed by atoms with E-state index in [0.29, 0.717) is 12.8 Å². The normalized spacial score (nSPS) is 25.7. The second-order valence-electron chi connectivity index (χ2n) is 19.0. The lowest BCUT2D eigenvalue weighted by molar-refractivity contribution is -0.332. The van der Waals surface area contributed by atoms with Crippen molar-refractivity contribution in [1.82, 2.24) is 0 Å². The fourth-order valence-electron chi connectivity index (χ4n) is 8.28. The number of allylic oxidation sites excluding steroid dienone is 8. The van der Waals surface area contributed by atoms with Crippen molar-refractivity contribution in [3.63, 3.8) is 0 Å². The lowest BCUT2D eigenvalue weighted by Crippen LogP contribution is -2.61. The fourth-order valence-corrected chi connectivity index (χ4v) is 8.28. The van der Waals surface area contributed by atoms with Crippen molar-refractivity contribution >= 4 is 11.9 Å². The molecule has 0 aromatic carbocycles. The van der Waals surface area contributed by atoms with Crippen LogP contribution in [-0.4, -0.2) is 142 Å². The molecule has 0 aliphatic carbocycles. The Bertz CT molecular complexity index is 1400. The molecule has 15 heteroatoms. The molecule has 0 amide bonds. The highest BCUT2D eigenvalue weighted by atomic mass is 16.7. The van der Waals surface area contributed by atoms with Crippen molar-refractivity contribution in [3.8, 4) is 0 Å². The average molecular weight is 997 g/mol. The van der Waals surface area contributed by atoms with Gasteiger partial charge in [0.25, 0.3) is 0 Å². The average Bonchev–Trinajstić information content (AvgIpc) is 3.35. The zero-order valence-corrected chi connectivity index (χ0v) is 43.0. The highest BCUT2D eigenvalue weighted by molar-refractivity contribution is 5.70. The molecule has 2 heterocycles. The number of hydrogen-bond acceptors (Lipinski definition) is 15. The van der Waals surface area contributed by atoms with Crippen molar-refractivity contribution in [2.24, 2.45) is 0 Å². The number of ether oxygens (including phenoxy) is 6. The van der Waals surface area contributed by atoms with E-state index in [1.165, 1.54) is 77.0 Å². The largest absolute Gasteiger partial charge is 0.462 e. The topological polar surface area (TPSA) is 231 Å². The summed E-state index contributed by atoms with van der Waals surface area (Å²) in [6, 6.07) is 0. The summed E-state index contributed by atoms with van der Waals surface area (Å²) in [5.74, 6) is -0.954. The molecule has 2 rings (SSSR count). The smallest absolute Gasteiger partial charge is 0.306 e. The highest BCUT2D eigenvalue weighted by Gasteiger charge is 2.47. The van der Waals surface area contributed by atoms with Gasteiger partial charge in [-0.2, -0.15) is 0 Å². The Morgan fingerprint density at radius 2 is 0.857 bits per heavy atom. The molecule has 2 aliphatic heterocycles. The van der Waals surface area contributed by atoms with Crippen LogP contribution in [0.15, 0.2) is 48.6 Å². The van der Waals surface area contributed by atoms with Gasteiger partial charge in [-0.3, -0.25) is 9.59 Å². The molecule has 11 atom stereocenters. The molecule has 2 saturated heterocycles. The summed E-state index contributed by atoms with van der Waals surface area (Å²) in [7, 11) is 0. The summed E-state index contributed by atoms with van der Waals surface area (Å²) in [6.07, 6.45) is 29.8. The van der Waals surface area contributed by atoms with E-state index in [1.54, 1.807) is 0 Å². The summed E-state index contributed by atoms with van der Waals surface area (Å²) in [5.41, 5.74) is 0. The third-order valence-electron chi connectivity index (χ3n) is 12.8. The predicted molar refractivity (Wildman–Crippen MR) is 270 cm³/mol. The van der Waals surface area contributed by atoms with Crippen molar-refractivity contribution < 1.29 is 73.8 Å². The van der Waals surface area contributed by atoms with E-state index in [-0.39, 0.29) is 19.4 Å². The summed E-state index contributed by atoms with van der Waals surface area (Å²) < 4.78 is 33.6. The van der Waals surface area contributed by atoms with Gasteiger partial charge >= 0.3 is 11.9 Å². The van der Waals surface area contributed by atoms with Crippen LogP contribution in [0.25, 0.3) is 0 Å². The van der Waals surface area contributed by atoms with Gasteiger partial charge in [0, 0.05) is 12.8 Å². The molecule has 15 nitrogen and oxygen atoms in total. The van der Waals surface area contributed by atoms with Crippen molar-refractivity contribution in [2.45, 2.75) is 261 Å². The zero-order valence-electron chi connectivity index (χ0n) is 43.0. The van der Waals surface area contributed by atoms with Crippen LogP contribution >= 0.6 is 0 Å². The van der Waals surface area contributed by atoms with Gasteiger partial charge in [0.2, 0.25) is 0 Å². The lowest BCUT2D eigenvalue weighted by Gasteiger charge is -2.42. The summed E-state index contributed by atoms with van der Waals surface area (Å²) in [4.78, 5) is 25.8. The lowest BCUT2D eigenvalue weighted by atomic mass is 9.98. The van der Waals surface area contributed by atoms with Crippen LogP contribution in [0.3, 0.4) is 0 Å². The Hall–Kier alpha value is -2.54. The minimum Gasteiger partial charge on any atom is -0.462 e. The van der Waals surface area contributed by atoms with Gasteiger partial charge in [-0.1, -0.05) is 152 Å². The molecule has 4 unspecified atom stereocenters. The van der Waals surface area contributed by atoms with Crippen LogP contribution < -0.4 is 0 Å². The molecule has 2 aliphatic rings. The molecular formula is C55H96O15. The maximum Gasteiger partial charge on any atom is 0.306 e. The van der Waals surface area contributed by atoms with Gasteiger partial charge in [-0.05, 0) is 77.0 Å². The number of esters is 2. The van der Waals surface area contributed by atoms with E-state index in [4.69, 9.17) is 28.4 Å². The monoisotopic (exact) mass is 997 g/mol. The second kappa shape index (κ2) is 41.9. The summed E-state index contributed by atoms with van der Waals surface area (Å²) in [5, 5.41) is 72.2. The van der Waals surface area contributed by atoms with Crippen LogP contribution in [0.5, 0.6) is 0 Å². The highest BCUT2D eigenvalue weighted by Crippen LogP contribution is 2.26. The molecule has 0 aromatic rings. The van der Waals surface area contributed by atoms with Crippen molar-refractivity contribution in [3.05, 3.63) is 48.6 Å². The zero-order chi connectivity index (χ0) is 51.0. The first-order chi connectivity index (χ1) is 34.0. The maximum absolute atomic E-state index is 13.0. The van der Waals surface area contributed by atoms with E-state index < -0.39 is 99.3 Å². The van der Waals surface area contributed by atoms with Crippen LogP contribution in [0.4, 0.5) is 0 Å². The number of aliphatic hydroxyl groups is 7. The SMILES string of the molecule is CCCCC/C=C/C/C=C/C/C=C/CCCCCCC(=O)OC[C@@H](CO[C@@H]1O[C@H](CO[C@@H]2O[C@H](CO)[C@H](O)C(O)C2O)[C@H](O)C(O)C1O)OC(=O)CCCCCCCCC/C=C/CCCCCCCC. The van der Waals surface area contributed by atoms with Crippen LogP contribution in [-0.2, 0) is 38.0 Å². The molecule has 0 saturated carbocycles. The number of carbonyl (C=O) groups is 2. The minimum absolute atomic E-state index is 0.154. The van der Waals surface area contributed by atoms with Gasteiger partial charge in [-0.25, -0.2) is 0 Å². The summed E-state index contributed by atoms with van der Waals surface area (Å²) >= 11 is 0. The maximum atomic E-state index is 13.0. The molecule has 7 N–H and O–H groups in total. The van der Waals surface area contributed by atoms with E-state index in [1.807, 2.05) is 0 Å². The second-order valence-corrected chi connectivity index (χ2v) is 19.0. The summed E-state index contributed by atoms with van der Waals surface area (Å²) in [6.45, 7) is 2.54. The van der Waals surface area contributed by atoms with Crippen molar-refractivity contribution in [2.75, 3.05) is 26.4 Å². The van der Waals surface area contributed by atoms with E-state index >= 15 is 0 Å². The van der Waals surface area contributed by atoms with Gasteiger partial charge < -0.3 is 64.2 Å². The number of rotatable bonds is 42. The van der Waals surface area contributed by atoms with Crippen LogP contribution in [0, 0.1) is 0 Å². The molecule has 0 bridgehead atoms. The van der Waals surface area contributed by atoms with Gasteiger partial charge in [0.15, 0.2) is 18.7 Å². The predicted octanol–water partition coefficient (Wildman–Crippen LogP) is 8.27. The Labute approximate surface area is 420 Å². The van der Waals surface area contributed by atoms with E-state index in [0.717, 1.165) is 77.0 Å². The quantitative estimate of drug-likeness (QED) is 0.0173. The number of unbranched alkanes of at least 4 members (excludes halogenated alkanes) is 20. The van der Waals surface area contributed by atoms with Gasteiger partial charge in [0.05, 0.1) is 19.8 Å². The van der Waals surface area contributed by atoms with Gasteiger partial charge in [-0.15, -0.1) is 0 Å². The molecule has 2 fully saturated rings. The number of hydrogen-bond donors (Lipinski definition) is 7. The molecule has 70 heavy (non-hydrogen) atoms. The molecular weight excluding hydrogens is 901 g/mol. The number of aliphatic hydroxyl groups excluding tert-OH is 7. The fraction of sp³-hybridized carbons (Fsp3) is 0.818. The first-order valence-corrected chi connectivity index (χ1v) is 27.2. The molecule has 0 spiro atoms. The standard InChI is InChI=1S/C55H96O15/c1-3-5-7-9-11-13-15-17-19-21-23-25-27-29-31-33-35-37-46(57)65-40-43(68-47(58)38-36-34-32-30-28-26-24-22-20-18-16-14-12-10-8-6-4-2)41-66-54-53(64)51(62)49(60)45(70-54)42-67-55-52(63)50(61)48(59)44(39-56)69-55/h11,13,17-20,23,25,43-45,48-56,59-64H,3-10,12,14-16,21-22,24,26-42H2,1-2H3/b13-11+,19-17+,20-18+,25-23+/t43-,44+,45+,48-,49-,50?,51?,52?,53?,54+,55+/m0/s1. The molecule has 0 radical (unpaired) electrons. The Morgan fingerprint density at radius 3 is 1.39 bits per heavy atom. The number of carbonyl (C=O) groups excluding carboxylic acids is 2. The molecule has 0 aromatic heterocycles. The van der Waals surface area contributed by atoms with Crippen LogP contribution in [0.2, 0.25) is 0 Å². The van der Waals surface area contributed by atoms with E-state index in [2.05, 4.69) is 62.5 Å². The first kappa shape index (κ1) is 63.6. The first-order valence-electron chi connectivity index (χ1n) is 27.2. The Kier molecular flexibility index (Phi) is 38.0. The Morgan fingerprint density at radius 1 is 0.457 bits per heavy atom. The van der Waals surface area contributed by atoms with Gasteiger partial charge in [0.1, 0.15) is 55.4 Å². The van der Waals surface area contributed by atoms with E-state index in [9.17, 15) is 45.3 Å². The third-order valence-corrected chi connectivity index (χ3v) is 12.8. The Balaban J connectivity index is 1.80. The third kappa shape index (κ3) is 29.2. The van der Waals surface area contributed by atoms with Crippen molar-refractivity contribution in [1.29, 1.82) is 0 Å². The minimum atomic E-state index is -1.77. The van der Waals surface area contributed by atoms with Crippen LogP contribution in [0.1, 0.15) is 194 Å².